The lowest BCUT2D eigenvalue weighted by Gasteiger charge is -2.16. The summed E-state index contributed by atoms with van der Waals surface area (Å²) in [6.45, 7) is 0. The van der Waals surface area contributed by atoms with E-state index in [1.165, 1.54) is 17.7 Å². The molecule has 31 heavy (non-hydrogen) atoms. The Kier molecular flexibility index (Phi) is 6.91. The normalized spacial score (nSPS) is 11.6. The lowest BCUT2D eigenvalue weighted by Crippen LogP contribution is -2.42. The zero-order valence-electron chi connectivity index (χ0n) is 17.0. The number of carbonyl (C=O) groups is 2. The molecule has 2 N–H and O–H groups in total. The number of nitrogens with zero attached hydrogens (tertiary/aromatic N) is 1. The van der Waals surface area contributed by atoms with Crippen molar-refractivity contribution in [2.24, 2.45) is 7.05 Å². The van der Waals surface area contributed by atoms with Crippen molar-refractivity contribution in [1.29, 1.82) is 0 Å². The number of amides is 1. The van der Waals surface area contributed by atoms with Crippen molar-refractivity contribution in [3.63, 3.8) is 0 Å². The Morgan fingerprint density at radius 3 is 2.52 bits per heavy atom. The van der Waals surface area contributed by atoms with E-state index in [1.807, 2.05) is 0 Å². The topological polar surface area (TPSA) is 97.6 Å². The van der Waals surface area contributed by atoms with E-state index in [0.717, 1.165) is 5.56 Å². The molecule has 3 rings (SSSR count). The number of carboxylic acid groups (broad SMARTS) is 1. The highest BCUT2D eigenvalue weighted by atomic mass is 79.9. The number of ether oxygens (including phenoxy) is 1. The van der Waals surface area contributed by atoms with Crippen LogP contribution in [0.5, 0.6) is 5.75 Å². The molecule has 2 aromatic carbocycles. The molecule has 1 atom stereocenters. The third-order valence-corrected chi connectivity index (χ3v) is 5.54. The second kappa shape index (κ2) is 9.61. The molecule has 0 fully saturated rings. The SMILES string of the molecule is COc1ccc(Br)c(C(=O)N[C@@H](Cc2ccc(-c3cccn(C)c3=O)cc2)C(=O)O)c1. The molecule has 0 radical (unpaired) electrons. The fourth-order valence-corrected chi connectivity index (χ4v) is 3.54. The zero-order valence-corrected chi connectivity index (χ0v) is 18.5. The number of aliphatic carboxylic acids is 1. The van der Waals surface area contributed by atoms with E-state index in [9.17, 15) is 19.5 Å². The number of rotatable bonds is 7. The first kappa shape index (κ1) is 22.3. The minimum Gasteiger partial charge on any atom is -0.497 e. The number of pyridine rings is 1. The molecule has 0 aliphatic carbocycles. The van der Waals surface area contributed by atoms with Crippen molar-refractivity contribution >= 4 is 27.8 Å². The van der Waals surface area contributed by atoms with Gasteiger partial charge >= 0.3 is 5.97 Å². The number of aryl methyl sites for hydroxylation is 1. The highest BCUT2D eigenvalue weighted by molar-refractivity contribution is 9.10. The average Bonchev–Trinajstić information content (AvgIpc) is 2.76. The fraction of sp³-hybridized carbons (Fsp3) is 0.174. The molecule has 0 bridgehead atoms. The van der Waals surface area contributed by atoms with E-state index in [1.54, 1.807) is 61.8 Å². The summed E-state index contributed by atoms with van der Waals surface area (Å²) in [6.07, 6.45) is 1.77. The minimum atomic E-state index is -1.15. The second-order valence-corrected chi connectivity index (χ2v) is 7.80. The average molecular weight is 485 g/mol. The molecule has 1 heterocycles. The molecule has 1 amide bonds. The molecule has 0 unspecified atom stereocenters. The molecule has 0 aliphatic rings. The van der Waals surface area contributed by atoms with Crippen LogP contribution in [0.25, 0.3) is 11.1 Å². The van der Waals surface area contributed by atoms with Crippen LogP contribution in [0.2, 0.25) is 0 Å². The third-order valence-electron chi connectivity index (χ3n) is 4.85. The van der Waals surface area contributed by atoms with Crippen molar-refractivity contribution < 1.29 is 19.4 Å². The lowest BCUT2D eigenvalue weighted by atomic mass is 10.0. The first-order valence-electron chi connectivity index (χ1n) is 9.42. The van der Waals surface area contributed by atoms with Gasteiger partial charge in [0, 0.05) is 29.7 Å². The zero-order chi connectivity index (χ0) is 22.5. The molecule has 0 spiro atoms. The number of aromatic nitrogens is 1. The first-order valence-corrected chi connectivity index (χ1v) is 10.2. The van der Waals surface area contributed by atoms with Gasteiger partial charge in [-0.2, -0.15) is 0 Å². The van der Waals surface area contributed by atoms with Gasteiger partial charge in [0.25, 0.3) is 11.5 Å². The molecule has 160 valence electrons. The molecule has 0 aliphatic heterocycles. The standard InChI is InChI=1S/C23H21BrN2O5/c1-26-11-3-4-17(22(26)28)15-7-5-14(6-8-15)12-20(23(29)30)25-21(27)18-13-16(31-2)9-10-19(18)24/h3-11,13,20H,12H2,1-2H3,(H,25,27)(H,29,30)/t20-/m0/s1. The predicted molar refractivity (Wildman–Crippen MR) is 120 cm³/mol. The van der Waals surface area contributed by atoms with Crippen LogP contribution in [-0.4, -0.2) is 34.7 Å². The smallest absolute Gasteiger partial charge is 0.326 e. The summed E-state index contributed by atoms with van der Waals surface area (Å²) in [5.74, 6) is -1.18. The van der Waals surface area contributed by atoms with Gasteiger partial charge in [0.15, 0.2) is 0 Å². The number of nitrogens with one attached hydrogen (secondary N) is 1. The van der Waals surface area contributed by atoms with Crippen molar-refractivity contribution in [1.82, 2.24) is 9.88 Å². The molecule has 7 nitrogen and oxygen atoms in total. The number of hydrogen-bond donors (Lipinski definition) is 2. The predicted octanol–water partition coefficient (Wildman–Crippen LogP) is 3.25. The number of halogens is 1. The van der Waals surface area contributed by atoms with Crippen LogP contribution >= 0.6 is 15.9 Å². The van der Waals surface area contributed by atoms with Crippen LogP contribution in [-0.2, 0) is 18.3 Å². The number of carboxylic acids is 1. The van der Waals surface area contributed by atoms with Gasteiger partial charge < -0.3 is 19.7 Å². The van der Waals surface area contributed by atoms with Crippen LogP contribution in [0.1, 0.15) is 15.9 Å². The number of hydrogen-bond acceptors (Lipinski definition) is 4. The maximum Gasteiger partial charge on any atom is 0.326 e. The quantitative estimate of drug-likeness (QED) is 0.536. The molecular formula is C23H21BrN2O5. The van der Waals surface area contributed by atoms with E-state index >= 15 is 0 Å². The summed E-state index contributed by atoms with van der Waals surface area (Å²) in [5.41, 5.74) is 2.17. The summed E-state index contributed by atoms with van der Waals surface area (Å²) in [4.78, 5) is 36.7. The third kappa shape index (κ3) is 5.21. The van der Waals surface area contributed by atoms with Gasteiger partial charge in [-0.1, -0.05) is 24.3 Å². The lowest BCUT2D eigenvalue weighted by molar-refractivity contribution is -0.139. The van der Waals surface area contributed by atoms with Crippen LogP contribution in [0.3, 0.4) is 0 Å². The van der Waals surface area contributed by atoms with E-state index in [2.05, 4.69) is 21.2 Å². The highest BCUT2D eigenvalue weighted by Gasteiger charge is 2.22. The van der Waals surface area contributed by atoms with Crippen molar-refractivity contribution in [3.8, 4) is 16.9 Å². The van der Waals surface area contributed by atoms with Gasteiger partial charge in [0.1, 0.15) is 11.8 Å². The van der Waals surface area contributed by atoms with Crippen LogP contribution in [0.15, 0.2) is 70.1 Å². The monoisotopic (exact) mass is 484 g/mol. The second-order valence-electron chi connectivity index (χ2n) is 6.95. The molecule has 1 aromatic heterocycles. The number of methoxy groups -OCH3 is 1. The Bertz CT molecular complexity index is 1170. The van der Waals surface area contributed by atoms with Gasteiger partial charge in [-0.05, 0) is 57.4 Å². The van der Waals surface area contributed by atoms with Crippen molar-refractivity contribution in [2.75, 3.05) is 7.11 Å². The number of carbonyl (C=O) groups excluding carboxylic acids is 1. The molecule has 0 saturated heterocycles. The summed E-state index contributed by atoms with van der Waals surface area (Å²) in [7, 11) is 3.17. The molecule has 0 saturated carbocycles. The molecule has 8 heteroatoms. The van der Waals surface area contributed by atoms with Gasteiger partial charge in [-0.15, -0.1) is 0 Å². The summed E-state index contributed by atoms with van der Waals surface area (Å²) < 4.78 is 7.16. The van der Waals surface area contributed by atoms with E-state index in [4.69, 9.17) is 4.74 Å². The fourth-order valence-electron chi connectivity index (χ4n) is 3.11. The maximum absolute atomic E-state index is 12.7. The Hall–Kier alpha value is -3.39. The van der Waals surface area contributed by atoms with Crippen LogP contribution < -0.4 is 15.6 Å². The number of benzene rings is 2. The molecular weight excluding hydrogens is 464 g/mol. The van der Waals surface area contributed by atoms with E-state index in [0.29, 0.717) is 21.3 Å². The van der Waals surface area contributed by atoms with Gasteiger partial charge in [-0.3, -0.25) is 9.59 Å². The summed E-state index contributed by atoms with van der Waals surface area (Å²) >= 11 is 3.30. The van der Waals surface area contributed by atoms with Crippen molar-refractivity contribution in [3.05, 3.63) is 86.7 Å². The van der Waals surface area contributed by atoms with Gasteiger partial charge in [0.05, 0.1) is 12.7 Å². The highest BCUT2D eigenvalue weighted by Crippen LogP contribution is 2.23. The Morgan fingerprint density at radius 2 is 1.87 bits per heavy atom. The van der Waals surface area contributed by atoms with Crippen LogP contribution in [0.4, 0.5) is 0 Å². The minimum absolute atomic E-state index is 0.0930. The maximum atomic E-state index is 12.7. The Morgan fingerprint density at radius 1 is 1.16 bits per heavy atom. The van der Waals surface area contributed by atoms with E-state index in [-0.39, 0.29) is 17.5 Å². The van der Waals surface area contributed by atoms with Gasteiger partial charge in [0.2, 0.25) is 0 Å². The summed E-state index contributed by atoms with van der Waals surface area (Å²) in [5, 5.41) is 12.2. The first-order chi connectivity index (χ1) is 14.8. The van der Waals surface area contributed by atoms with Crippen LogP contribution in [0, 0.1) is 0 Å². The largest absolute Gasteiger partial charge is 0.497 e. The summed E-state index contributed by atoms with van der Waals surface area (Å²) in [6, 6.07) is 14.3. The van der Waals surface area contributed by atoms with Crippen molar-refractivity contribution in [2.45, 2.75) is 12.5 Å². The molecule has 3 aromatic rings. The Balaban J connectivity index is 1.77. The van der Waals surface area contributed by atoms with Gasteiger partial charge in [-0.25, -0.2) is 4.79 Å². The van der Waals surface area contributed by atoms with E-state index < -0.39 is 17.9 Å². The Labute approximate surface area is 187 Å².